The lowest BCUT2D eigenvalue weighted by Gasteiger charge is -2.08. The first-order chi connectivity index (χ1) is 12.9. The standard InChI is InChI=1S/C18H14N4O3S2/c1-11-5-2-3-8-14(11)16(23)20-17(26)21-18-19-15(10-27-18)12-6-4-7-13(9-12)22(24)25/h2-10H,1H3,(H2,19,20,21,23,26). The number of rotatable bonds is 4. The van der Waals surface area contributed by atoms with Gasteiger partial charge in [-0.3, -0.25) is 20.2 Å². The molecule has 1 amide bonds. The van der Waals surface area contributed by atoms with Gasteiger partial charge in [-0.15, -0.1) is 11.3 Å². The molecule has 0 saturated carbocycles. The normalized spacial score (nSPS) is 10.3. The zero-order valence-electron chi connectivity index (χ0n) is 14.1. The lowest BCUT2D eigenvalue weighted by molar-refractivity contribution is -0.384. The highest BCUT2D eigenvalue weighted by molar-refractivity contribution is 7.80. The van der Waals surface area contributed by atoms with E-state index in [1.165, 1.54) is 23.5 Å². The van der Waals surface area contributed by atoms with Gasteiger partial charge in [0.15, 0.2) is 10.2 Å². The van der Waals surface area contributed by atoms with Gasteiger partial charge in [-0.05, 0) is 30.8 Å². The lowest BCUT2D eigenvalue weighted by Crippen LogP contribution is -2.34. The molecule has 0 unspecified atom stereocenters. The summed E-state index contributed by atoms with van der Waals surface area (Å²) in [5.41, 5.74) is 2.59. The molecule has 1 aromatic heterocycles. The number of hydrogen-bond acceptors (Lipinski definition) is 6. The Balaban J connectivity index is 1.68. The van der Waals surface area contributed by atoms with E-state index in [0.29, 0.717) is 22.0 Å². The van der Waals surface area contributed by atoms with Crippen LogP contribution in [0.25, 0.3) is 11.3 Å². The van der Waals surface area contributed by atoms with Crippen molar-refractivity contribution in [3.63, 3.8) is 0 Å². The molecule has 2 aromatic carbocycles. The number of thiocarbonyl (C=S) groups is 1. The lowest BCUT2D eigenvalue weighted by atomic mass is 10.1. The molecule has 0 radical (unpaired) electrons. The van der Waals surface area contributed by atoms with Crippen molar-refractivity contribution < 1.29 is 9.72 Å². The monoisotopic (exact) mass is 398 g/mol. The number of hydrogen-bond donors (Lipinski definition) is 2. The third-order valence-electron chi connectivity index (χ3n) is 3.69. The van der Waals surface area contributed by atoms with Gasteiger partial charge < -0.3 is 5.32 Å². The van der Waals surface area contributed by atoms with E-state index in [0.717, 1.165) is 5.56 Å². The third kappa shape index (κ3) is 4.52. The minimum Gasteiger partial charge on any atom is -0.308 e. The first kappa shape index (κ1) is 18.6. The van der Waals surface area contributed by atoms with Gasteiger partial charge in [0.2, 0.25) is 0 Å². The van der Waals surface area contributed by atoms with E-state index in [1.54, 1.807) is 29.6 Å². The van der Waals surface area contributed by atoms with Crippen LogP contribution in [0.5, 0.6) is 0 Å². The number of non-ortho nitro benzene ring substituents is 1. The summed E-state index contributed by atoms with van der Waals surface area (Å²) in [4.78, 5) is 27.1. The number of anilines is 1. The second-order valence-electron chi connectivity index (χ2n) is 5.57. The van der Waals surface area contributed by atoms with E-state index < -0.39 is 4.92 Å². The van der Waals surface area contributed by atoms with Crippen molar-refractivity contribution in [3.8, 4) is 11.3 Å². The Bertz CT molecular complexity index is 1030. The van der Waals surface area contributed by atoms with Gasteiger partial charge in [0.1, 0.15) is 0 Å². The highest BCUT2D eigenvalue weighted by Gasteiger charge is 2.13. The molecule has 2 N–H and O–H groups in total. The van der Waals surface area contributed by atoms with Gasteiger partial charge >= 0.3 is 0 Å². The molecule has 0 aliphatic rings. The van der Waals surface area contributed by atoms with Crippen LogP contribution in [0.15, 0.2) is 53.9 Å². The molecule has 0 spiro atoms. The van der Waals surface area contributed by atoms with Crippen molar-refractivity contribution in [2.45, 2.75) is 6.92 Å². The summed E-state index contributed by atoms with van der Waals surface area (Å²) in [6.45, 7) is 1.84. The average Bonchev–Trinajstić information content (AvgIpc) is 3.10. The predicted molar refractivity (Wildman–Crippen MR) is 109 cm³/mol. The van der Waals surface area contributed by atoms with Crippen LogP contribution in [-0.4, -0.2) is 20.9 Å². The summed E-state index contributed by atoms with van der Waals surface area (Å²) < 4.78 is 0. The fourth-order valence-corrected chi connectivity index (χ4v) is 3.35. The molecule has 3 aromatic rings. The van der Waals surface area contributed by atoms with Crippen LogP contribution >= 0.6 is 23.6 Å². The zero-order chi connectivity index (χ0) is 19.4. The Hall–Kier alpha value is -3.17. The summed E-state index contributed by atoms with van der Waals surface area (Å²) in [5, 5.41) is 18.7. The number of nitro groups is 1. The van der Waals surface area contributed by atoms with Crippen LogP contribution < -0.4 is 10.6 Å². The highest BCUT2D eigenvalue weighted by Crippen LogP contribution is 2.27. The van der Waals surface area contributed by atoms with Crippen LogP contribution in [0.1, 0.15) is 15.9 Å². The fraction of sp³-hybridized carbons (Fsp3) is 0.0556. The quantitative estimate of drug-likeness (QED) is 0.389. The Labute approximate surface area is 164 Å². The minimum atomic E-state index is -0.453. The molecule has 0 aliphatic heterocycles. The number of benzene rings is 2. The van der Waals surface area contributed by atoms with Gasteiger partial charge in [-0.25, -0.2) is 4.98 Å². The summed E-state index contributed by atoms with van der Waals surface area (Å²) in [5.74, 6) is -0.305. The maximum Gasteiger partial charge on any atom is 0.270 e. The average molecular weight is 398 g/mol. The predicted octanol–water partition coefficient (Wildman–Crippen LogP) is 4.15. The van der Waals surface area contributed by atoms with E-state index >= 15 is 0 Å². The maximum atomic E-state index is 12.3. The van der Waals surface area contributed by atoms with Crippen LogP contribution in [0.4, 0.5) is 10.8 Å². The van der Waals surface area contributed by atoms with Crippen LogP contribution in [0.3, 0.4) is 0 Å². The van der Waals surface area contributed by atoms with Crippen molar-refractivity contribution in [2.75, 3.05) is 5.32 Å². The first-order valence-electron chi connectivity index (χ1n) is 7.82. The Morgan fingerprint density at radius 2 is 2.00 bits per heavy atom. The van der Waals surface area contributed by atoms with Crippen LogP contribution in [0, 0.1) is 17.0 Å². The van der Waals surface area contributed by atoms with Gasteiger partial charge in [-0.2, -0.15) is 0 Å². The van der Waals surface area contributed by atoms with Crippen molar-refractivity contribution >= 4 is 45.4 Å². The molecular formula is C18H14N4O3S2. The number of nitro benzene ring substituents is 1. The molecular weight excluding hydrogens is 384 g/mol. The van der Waals surface area contributed by atoms with Crippen LogP contribution in [0.2, 0.25) is 0 Å². The van der Waals surface area contributed by atoms with E-state index in [2.05, 4.69) is 15.6 Å². The zero-order valence-corrected chi connectivity index (χ0v) is 15.8. The number of carbonyl (C=O) groups excluding carboxylic acids is 1. The molecule has 0 atom stereocenters. The second kappa shape index (κ2) is 8.02. The molecule has 7 nitrogen and oxygen atoms in total. The van der Waals surface area contributed by atoms with Crippen LogP contribution in [-0.2, 0) is 0 Å². The molecule has 0 fully saturated rings. The fourth-order valence-electron chi connectivity index (χ4n) is 2.37. The van der Waals surface area contributed by atoms with Gasteiger partial charge in [0.05, 0.1) is 10.6 Å². The maximum absolute atomic E-state index is 12.3. The van der Waals surface area contributed by atoms with Crippen molar-refractivity contribution in [1.29, 1.82) is 0 Å². The Morgan fingerprint density at radius 1 is 1.22 bits per heavy atom. The molecule has 0 bridgehead atoms. The number of aromatic nitrogens is 1. The van der Waals surface area contributed by atoms with Crippen molar-refractivity contribution in [2.24, 2.45) is 0 Å². The summed E-state index contributed by atoms with van der Waals surface area (Å²) in [6.07, 6.45) is 0. The van der Waals surface area contributed by atoms with Gasteiger partial charge in [0, 0.05) is 28.6 Å². The van der Waals surface area contributed by atoms with Crippen molar-refractivity contribution in [1.82, 2.24) is 10.3 Å². The largest absolute Gasteiger partial charge is 0.308 e. The minimum absolute atomic E-state index is 0.00368. The SMILES string of the molecule is Cc1ccccc1C(=O)NC(=S)Nc1nc(-c2cccc([N+](=O)[O-])c2)cs1. The van der Waals surface area contributed by atoms with E-state index in [1.807, 2.05) is 19.1 Å². The second-order valence-corrected chi connectivity index (χ2v) is 6.83. The summed E-state index contributed by atoms with van der Waals surface area (Å²) in [6, 6.07) is 13.4. The summed E-state index contributed by atoms with van der Waals surface area (Å²) >= 11 is 6.45. The number of thiazole rings is 1. The number of aryl methyl sites for hydroxylation is 1. The number of carbonyl (C=O) groups is 1. The molecule has 9 heteroatoms. The molecule has 136 valence electrons. The number of nitrogens with one attached hydrogen (secondary N) is 2. The van der Waals surface area contributed by atoms with E-state index in [9.17, 15) is 14.9 Å². The van der Waals surface area contributed by atoms with Gasteiger partial charge in [-0.1, -0.05) is 30.3 Å². The third-order valence-corrected chi connectivity index (χ3v) is 4.66. The van der Waals surface area contributed by atoms with Crippen molar-refractivity contribution in [3.05, 3.63) is 75.2 Å². The Kier molecular flexibility index (Phi) is 5.53. The number of amides is 1. The van der Waals surface area contributed by atoms with E-state index in [-0.39, 0.29) is 16.7 Å². The molecule has 3 rings (SSSR count). The highest BCUT2D eigenvalue weighted by atomic mass is 32.1. The number of nitrogens with zero attached hydrogens (tertiary/aromatic N) is 2. The first-order valence-corrected chi connectivity index (χ1v) is 9.11. The topological polar surface area (TPSA) is 97.2 Å². The molecule has 27 heavy (non-hydrogen) atoms. The Morgan fingerprint density at radius 3 is 2.74 bits per heavy atom. The molecule has 0 aliphatic carbocycles. The summed E-state index contributed by atoms with van der Waals surface area (Å²) in [7, 11) is 0. The molecule has 0 saturated heterocycles. The smallest absolute Gasteiger partial charge is 0.270 e. The van der Waals surface area contributed by atoms with E-state index in [4.69, 9.17) is 12.2 Å². The molecule has 1 heterocycles. The van der Waals surface area contributed by atoms with Gasteiger partial charge in [0.25, 0.3) is 11.6 Å².